The number of anilines is 1. The number of aryl methyl sites for hydroxylation is 2. The Morgan fingerprint density at radius 3 is 2.71 bits per heavy atom. The number of thiocarbonyl (C=S) groups is 1. The average molecular weight is 479 g/mol. The number of aromatic amines is 1. The molecule has 34 heavy (non-hydrogen) atoms. The van der Waals surface area contributed by atoms with Crippen molar-refractivity contribution in [3.05, 3.63) is 69.5 Å². The van der Waals surface area contributed by atoms with Crippen LogP contribution in [-0.2, 0) is 6.54 Å². The SMILES string of the molecule is CCN1CCC[C@@H]1CN(Cc1cc2ccc(C)c(C)c2[nH]c1=O)C(=S)Nc1ccc(OC)cc1. The molecule has 0 spiro atoms. The Morgan fingerprint density at radius 2 is 2.00 bits per heavy atom. The smallest absolute Gasteiger partial charge is 0.253 e. The van der Waals surface area contributed by atoms with Crippen molar-refractivity contribution in [2.24, 2.45) is 0 Å². The van der Waals surface area contributed by atoms with E-state index in [2.05, 4.69) is 46.1 Å². The van der Waals surface area contributed by atoms with Gasteiger partial charge < -0.3 is 19.9 Å². The third kappa shape index (κ3) is 5.26. The summed E-state index contributed by atoms with van der Waals surface area (Å²) in [6.07, 6.45) is 2.34. The highest BCUT2D eigenvalue weighted by molar-refractivity contribution is 7.80. The summed E-state index contributed by atoms with van der Waals surface area (Å²) in [5.41, 5.74) is 4.75. The van der Waals surface area contributed by atoms with Crippen LogP contribution in [0.5, 0.6) is 5.75 Å². The van der Waals surface area contributed by atoms with E-state index in [1.807, 2.05) is 37.3 Å². The van der Waals surface area contributed by atoms with Crippen LogP contribution in [0.15, 0.2) is 47.3 Å². The zero-order valence-corrected chi connectivity index (χ0v) is 21.3. The van der Waals surface area contributed by atoms with Gasteiger partial charge in [0, 0.05) is 23.8 Å². The highest BCUT2D eigenvalue weighted by Gasteiger charge is 2.26. The number of nitrogens with zero attached hydrogens (tertiary/aromatic N) is 2. The van der Waals surface area contributed by atoms with Crippen LogP contribution in [0, 0.1) is 13.8 Å². The first kappa shape index (κ1) is 24.2. The van der Waals surface area contributed by atoms with Gasteiger partial charge in [-0.25, -0.2) is 0 Å². The second-order valence-electron chi connectivity index (χ2n) is 9.06. The lowest BCUT2D eigenvalue weighted by atomic mass is 10.0. The molecule has 2 N–H and O–H groups in total. The average Bonchev–Trinajstić information content (AvgIpc) is 3.29. The van der Waals surface area contributed by atoms with Crippen molar-refractivity contribution in [3.8, 4) is 5.75 Å². The molecule has 7 heteroatoms. The fourth-order valence-electron chi connectivity index (χ4n) is 4.76. The van der Waals surface area contributed by atoms with Gasteiger partial charge in [-0.3, -0.25) is 9.69 Å². The second kappa shape index (κ2) is 10.6. The van der Waals surface area contributed by atoms with Gasteiger partial charge in [-0.15, -0.1) is 0 Å². The van der Waals surface area contributed by atoms with E-state index in [1.54, 1.807) is 7.11 Å². The molecule has 1 saturated heterocycles. The minimum Gasteiger partial charge on any atom is -0.497 e. The lowest BCUT2D eigenvalue weighted by Crippen LogP contribution is -2.44. The molecule has 180 valence electrons. The number of benzene rings is 2. The summed E-state index contributed by atoms with van der Waals surface area (Å²) < 4.78 is 5.26. The van der Waals surface area contributed by atoms with Gasteiger partial charge in [-0.05, 0) is 98.8 Å². The van der Waals surface area contributed by atoms with Crippen LogP contribution in [0.4, 0.5) is 5.69 Å². The summed E-state index contributed by atoms with van der Waals surface area (Å²) in [4.78, 5) is 20.8. The fraction of sp³-hybridized carbons (Fsp3) is 0.407. The van der Waals surface area contributed by atoms with Gasteiger partial charge in [0.05, 0.1) is 19.2 Å². The molecule has 1 aromatic heterocycles. The number of nitrogens with one attached hydrogen (secondary N) is 2. The number of H-pyrrole nitrogens is 1. The van der Waals surface area contributed by atoms with Gasteiger partial charge in [-0.2, -0.15) is 0 Å². The molecule has 0 saturated carbocycles. The Morgan fingerprint density at radius 1 is 1.24 bits per heavy atom. The van der Waals surface area contributed by atoms with Gasteiger partial charge in [0.25, 0.3) is 5.56 Å². The number of fused-ring (bicyclic) bond motifs is 1. The maximum atomic E-state index is 13.1. The van der Waals surface area contributed by atoms with Crippen LogP contribution in [0.1, 0.15) is 36.5 Å². The quantitative estimate of drug-likeness (QED) is 0.474. The van der Waals surface area contributed by atoms with Crippen molar-refractivity contribution in [2.45, 2.75) is 46.2 Å². The Kier molecular flexibility index (Phi) is 7.54. The van der Waals surface area contributed by atoms with Crippen molar-refractivity contribution < 1.29 is 4.74 Å². The minimum absolute atomic E-state index is 0.0581. The zero-order chi connectivity index (χ0) is 24.2. The standard InChI is InChI=1S/C27H34N4O2S/c1-5-30-14-6-7-23(30)17-31(27(34)28-22-10-12-24(33-4)13-11-22)16-21-15-20-9-8-18(2)19(3)25(20)29-26(21)32/h8-13,15,23H,5-7,14,16-17H2,1-4H3,(H,28,34)(H,29,32)/t23-/m1/s1. The van der Waals surface area contributed by atoms with Gasteiger partial charge >= 0.3 is 0 Å². The first-order valence-corrected chi connectivity index (χ1v) is 12.4. The molecule has 0 radical (unpaired) electrons. The topological polar surface area (TPSA) is 60.6 Å². The van der Waals surface area contributed by atoms with E-state index in [4.69, 9.17) is 17.0 Å². The molecule has 2 heterocycles. The summed E-state index contributed by atoms with van der Waals surface area (Å²) in [7, 11) is 1.65. The summed E-state index contributed by atoms with van der Waals surface area (Å²) in [6, 6.07) is 14.3. The number of pyridine rings is 1. The van der Waals surface area contributed by atoms with Crippen LogP contribution in [-0.4, -0.2) is 52.7 Å². The number of likely N-dealkylation sites (N-methyl/N-ethyl adjacent to an activating group) is 1. The normalized spacial score (nSPS) is 16.1. The number of methoxy groups -OCH3 is 1. The molecule has 6 nitrogen and oxygen atoms in total. The summed E-state index contributed by atoms with van der Waals surface area (Å²) >= 11 is 5.86. The molecule has 1 fully saturated rings. The van der Waals surface area contributed by atoms with Crippen molar-refractivity contribution in [2.75, 3.05) is 32.1 Å². The van der Waals surface area contributed by atoms with E-state index >= 15 is 0 Å². The van der Waals surface area contributed by atoms with Crippen molar-refractivity contribution in [1.82, 2.24) is 14.8 Å². The highest BCUT2D eigenvalue weighted by Crippen LogP contribution is 2.22. The van der Waals surface area contributed by atoms with Gasteiger partial charge in [0.1, 0.15) is 5.75 Å². The number of rotatable bonds is 7. The molecular weight excluding hydrogens is 444 g/mol. The van der Waals surface area contributed by atoms with Gasteiger partial charge in [0.2, 0.25) is 0 Å². The first-order chi connectivity index (χ1) is 16.4. The maximum Gasteiger partial charge on any atom is 0.253 e. The van der Waals surface area contributed by atoms with Crippen LogP contribution >= 0.6 is 12.2 Å². The zero-order valence-electron chi connectivity index (χ0n) is 20.5. The first-order valence-electron chi connectivity index (χ1n) is 12.0. The number of hydrogen-bond acceptors (Lipinski definition) is 4. The monoisotopic (exact) mass is 478 g/mol. The fourth-order valence-corrected chi connectivity index (χ4v) is 5.02. The Labute approximate surface area is 206 Å². The van der Waals surface area contributed by atoms with Crippen molar-refractivity contribution in [1.29, 1.82) is 0 Å². The summed E-state index contributed by atoms with van der Waals surface area (Å²) in [5.74, 6) is 0.797. The maximum absolute atomic E-state index is 13.1. The molecule has 4 rings (SSSR count). The third-order valence-corrected chi connectivity index (χ3v) is 7.31. The summed E-state index contributed by atoms with van der Waals surface area (Å²) in [6.45, 7) is 9.68. The molecule has 1 atom stereocenters. The van der Waals surface area contributed by atoms with E-state index in [0.717, 1.165) is 59.5 Å². The van der Waals surface area contributed by atoms with E-state index in [0.29, 0.717) is 17.7 Å². The molecule has 0 amide bonds. The lowest BCUT2D eigenvalue weighted by molar-refractivity contribution is 0.221. The molecule has 2 aromatic carbocycles. The number of likely N-dealkylation sites (tertiary alicyclic amines) is 1. The lowest BCUT2D eigenvalue weighted by Gasteiger charge is -2.32. The number of ether oxygens (including phenoxy) is 1. The van der Waals surface area contributed by atoms with E-state index < -0.39 is 0 Å². The van der Waals surface area contributed by atoms with Crippen LogP contribution in [0.25, 0.3) is 10.9 Å². The Balaban J connectivity index is 1.62. The van der Waals surface area contributed by atoms with E-state index in [9.17, 15) is 4.79 Å². The molecule has 3 aromatic rings. The highest BCUT2D eigenvalue weighted by atomic mass is 32.1. The van der Waals surface area contributed by atoms with Gasteiger partial charge in [0.15, 0.2) is 5.11 Å². The number of aromatic nitrogens is 1. The van der Waals surface area contributed by atoms with E-state index in [-0.39, 0.29) is 5.56 Å². The summed E-state index contributed by atoms with van der Waals surface area (Å²) in [5, 5.41) is 5.03. The Hall–Kier alpha value is -2.90. The minimum atomic E-state index is -0.0581. The molecule has 0 unspecified atom stereocenters. The van der Waals surface area contributed by atoms with Crippen LogP contribution in [0.2, 0.25) is 0 Å². The molecule has 1 aliphatic heterocycles. The molecule has 1 aliphatic rings. The van der Waals surface area contributed by atoms with Gasteiger partial charge in [-0.1, -0.05) is 19.1 Å². The van der Waals surface area contributed by atoms with Crippen LogP contribution in [0.3, 0.4) is 0 Å². The molecule has 0 aliphatic carbocycles. The largest absolute Gasteiger partial charge is 0.497 e. The number of hydrogen-bond donors (Lipinski definition) is 2. The predicted octanol–water partition coefficient (Wildman–Crippen LogP) is 4.84. The van der Waals surface area contributed by atoms with Crippen molar-refractivity contribution >= 4 is 33.9 Å². The molecule has 0 bridgehead atoms. The third-order valence-electron chi connectivity index (χ3n) is 6.95. The second-order valence-corrected chi connectivity index (χ2v) is 9.45. The van der Waals surface area contributed by atoms with Crippen LogP contribution < -0.4 is 15.6 Å². The Bertz CT molecular complexity index is 1220. The molecular formula is C27H34N4O2S. The van der Waals surface area contributed by atoms with Crippen molar-refractivity contribution in [3.63, 3.8) is 0 Å². The predicted molar refractivity (Wildman–Crippen MR) is 144 cm³/mol. The van der Waals surface area contributed by atoms with E-state index in [1.165, 1.54) is 12.0 Å².